The Kier molecular flexibility index (Phi) is 13.5. The fourth-order valence-electron chi connectivity index (χ4n) is 3.49. The SMILES string of the molecule is CS(=O)(=O)O.C[C@@H]([C@@H](O)c1ccc(O)cc1)N1CCC(O)(c2ccccc2)CC1.O.O.O. The van der Waals surface area contributed by atoms with Gasteiger partial charge >= 0.3 is 0 Å². The molecule has 0 unspecified atom stereocenters. The molecule has 0 aliphatic carbocycles. The van der Waals surface area contributed by atoms with Gasteiger partial charge in [-0.1, -0.05) is 42.5 Å². The molecule has 0 amide bonds. The predicted molar refractivity (Wildman–Crippen MR) is 122 cm³/mol. The Bertz CT molecular complexity index is 860. The lowest BCUT2D eigenvalue weighted by atomic mass is 9.83. The summed E-state index contributed by atoms with van der Waals surface area (Å²) >= 11 is 0. The van der Waals surface area contributed by atoms with Crippen molar-refractivity contribution in [3.8, 4) is 5.75 Å². The first-order chi connectivity index (χ1) is 13.5. The molecule has 2 aromatic rings. The average Bonchev–Trinajstić information content (AvgIpc) is 2.67. The van der Waals surface area contributed by atoms with Gasteiger partial charge in [0.2, 0.25) is 0 Å². The Hall–Kier alpha value is -2.09. The van der Waals surface area contributed by atoms with Crippen molar-refractivity contribution in [2.45, 2.75) is 37.5 Å². The molecule has 0 saturated carbocycles. The molecule has 1 saturated heterocycles. The van der Waals surface area contributed by atoms with Crippen molar-refractivity contribution in [2.75, 3.05) is 19.3 Å². The van der Waals surface area contributed by atoms with Crippen molar-refractivity contribution in [2.24, 2.45) is 0 Å². The molecule has 2 atom stereocenters. The quantitative estimate of drug-likeness (QED) is 0.436. The smallest absolute Gasteiger partial charge is 0.261 e. The molecule has 0 bridgehead atoms. The van der Waals surface area contributed by atoms with Crippen molar-refractivity contribution < 1.29 is 44.7 Å². The van der Waals surface area contributed by atoms with Crippen LogP contribution in [0.4, 0.5) is 0 Å². The van der Waals surface area contributed by atoms with Gasteiger partial charge in [0.15, 0.2) is 0 Å². The van der Waals surface area contributed by atoms with Crippen molar-refractivity contribution in [1.82, 2.24) is 4.90 Å². The number of likely N-dealkylation sites (tertiary alicyclic amines) is 1. The molecule has 0 aromatic heterocycles. The van der Waals surface area contributed by atoms with Crippen molar-refractivity contribution in [3.05, 3.63) is 65.7 Å². The van der Waals surface area contributed by atoms with E-state index in [0.717, 1.165) is 24.2 Å². The lowest BCUT2D eigenvalue weighted by molar-refractivity contribution is -0.0501. The minimum atomic E-state index is -3.67. The van der Waals surface area contributed by atoms with E-state index in [-0.39, 0.29) is 28.2 Å². The number of aromatic hydroxyl groups is 1. The van der Waals surface area contributed by atoms with Crippen LogP contribution in [0.5, 0.6) is 5.75 Å². The number of piperidine rings is 1. The van der Waals surface area contributed by atoms with E-state index in [1.165, 1.54) is 0 Å². The van der Waals surface area contributed by atoms with Gasteiger partial charge in [-0.2, -0.15) is 8.42 Å². The molecule has 10 N–H and O–H groups in total. The molecule has 11 heteroatoms. The molecule has 32 heavy (non-hydrogen) atoms. The fraction of sp³-hybridized carbons (Fsp3) is 0.429. The lowest BCUT2D eigenvalue weighted by Crippen LogP contribution is -2.47. The molecule has 1 fully saturated rings. The molecule has 0 spiro atoms. The predicted octanol–water partition coefficient (Wildman–Crippen LogP) is -0.172. The molecule has 1 heterocycles. The highest BCUT2D eigenvalue weighted by atomic mass is 32.2. The normalized spacial score (nSPS) is 17.2. The minimum absolute atomic E-state index is 0. The molecule has 10 nitrogen and oxygen atoms in total. The third kappa shape index (κ3) is 9.59. The van der Waals surface area contributed by atoms with E-state index in [1.54, 1.807) is 24.3 Å². The Labute approximate surface area is 188 Å². The van der Waals surface area contributed by atoms with Crippen LogP contribution < -0.4 is 0 Å². The molecule has 3 rings (SSSR count). The first-order valence-corrected chi connectivity index (χ1v) is 11.3. The zero-order valence-corrected chi connectivity index (χ0v) is 19.0. The van der Waals surface area contributed by atoms with Gasteiger partial charge in [0.25, 0.3) is 10.1 Å². The van der Waals surface area contributed by atoms with Gasteiger partial charge in [-0.15, -0.1) is 0 Å². The molecule has 1 aliphatic rings. The first-order valence-electron chi connectivity index (χ1n) is 9.41. The largest absolute Gasteiger partial charge is 0.508 e. The highest BCUT2D eigenvalue weighted by Crippen LogP contribution is 2.34. The van der Waals surface area contributed by atoms with Gasteiger partial charge in [-0.25, -0.2) is 0 Å². The third-order valence-corrected chi connectivity index (χ3v) is 5.20. The summed E-state index contributed by atoms with van der Waals surface area (Å²) in [5.41, 5.74) is 0.988. The maximum Gasteiger partial charge on any atom is 0.261 e. The monoisotopic (exact) mass is 477 g/mol. The van der Waals surface area contributed by atoms with Crippen LogP contribution >= 0.6 is 0 Å². The number of aliphatic hydroxyl groups excluding tert-OH is 1. The molecular formula is C21H35NO9S. The molecule has 2 aromatic carbocycles. The number of aliphatic hydroxyl groups is 2. The van der Waals surface area contributed by atoms with Crippen molar-refractivity contribution >= 4 is 10.1 Å². The number of hydrogen-bond acceptors (Lipinski definition) is 6. The van der Waals surface area contributed by atoms with Crippen LogP contribution in [0.15, 0.2) is 54.6 Å². The Morgan fingerprint density at radius 3 is 1.81 bits per heavy atom. The van der Waals surface area contributed by atoms with Crippen LogP contribution in [0, 0.1) is 0 Å². The minimum Gasteiger partial charge on any atom is -0.508 e. The van der Waals surface area contributed by atoms with Crippen LogP contribution in [-0.4, -0.2) is 75.0 Å². The summed E-state index contributed by atoms with van der Waals surface area (Å²) in [7, 11) is -3.67. The van der Waals surface area contributed by atoms with Gasteiger partial charge < -0.3 is 31.7 Å². The Morgan fingerprint density at radius 1 is 0.938 bits per heavy atom. The van der Waals surface area contributed by atoms with Gasteiger partial charge in [-0.05, 0) is 43.0 Å². The van der Waals surface area contributed by atoms with Crippen molar-refractivity contribution in [3.63, 3.8) is 0 Å². The van der Waals surface area contributed by atoms with Crippen LogP contribution in [0.1, 0.15) is 37.0 Å². The summed E-state index contributed by atoms with van der Waals surface area (Å²) in [6.07, 6.45) is 1.41. The average molecular weight is 478 g/mol. The summed E-state index contributed by atoms with van der Waals surface area (Å²) in [6, 6.07) is 16.5. The number of phenolic OH excluding ortho intramolecular Hbond substituents is 1. The van der Waals surface area contributed by atoms with E-state index >= 15 is 0 Å². The van der Waals surface area contributed by atoms with Gasteiger partial charge in [0, 0.05) is 19.1 Å². The van der Waals surface area contributed by atoms with Crippen molar-refractivity contribution in [1.29, 1.82) is 0 Å². The number of hydrogen-bond donors (Lipinski definition) is 4. The van der Waals surface area contributed by atoms with E-state index in [9.17, 15) is 23.7 Å². The van der Waals surface area contributed by atoms with Gasteiger partial charge in [0.05, 0.1) is 18.0 Å². The highest BCUT2D eigenvalue weighted by molar-refractivity contribution is 7.85. The molecule has 0 radical (unpaired) electrons. The van der Waals surface area contributed by atoms with E-state index in [1.807, 2.05) is 37.3 Å². The third-order valence-electron chi connectivity index (χ3n) is 5.20. The van der Waals surface area contributed by atoms with Crippen LogP contribution in [0.2, 0.25) is 0 Å². The zero-order valence-electron chi connectivity index (χ0n) is 18.1. The number of nitrogens with zero attached hydrogens (tertiary/aromatic N) is 1. The molecule has 1 aliphatic heterocycles. The highest BCUT2D eigenvalue weighted by Gasteiger charge is 2.36. The van der Waals surface area contributed by atoms with Crippen LogP contribution in [0.25, 0.3) is 0 Å². The zero-order chi connectivity index (χ0) is 21.7. The summed E-state index contributed by atoms with van der Waals surface area (Å²) in [4.78, 5) is 2.22. The topological polar surface area (TPSA) is 213 Å². The standard InChI is InChI=1S/C20H25NO3.CH4O3S.3H2O/c1-15(19(23)16-7-9-18(22)10-8-16)21-13-11-20(24,12-14-21)17-5-3-2-4-6-17;1-5(2,3)4;;;/h2-10,15,19,22-24H,11-14H2,1H3;1H3,(H,2,3,4);3*1H2/t15-,19+;;;;/m0..../s1. The number of rotatable bonds is 4. The second-order valence-electron chi connectivity index (χ2n) is 7.44. The van der Waals surface area contributed by atoms with Crippen LogP contribution in [0.3, 0.4) is 0 Å². The summed E-state index contributed by atoms with van der Waals surface area (Å²) in [6.45, 7) is 3.48. The maximum absolute atomic E-state index is 10.9. The number of benzene rings is 2. The summed E-state index contributed by atoms with van der Waals surface area (Å²) < 4.78 is 25.9. The Morgan fingerprint density at radius 2 is 1.38 bits per heavy atom. The second-order valence-corrected chi connectivity index (χ2v) is 8.91. The molecular weight excluding hydrogens is 442 g/mol. The Balaban J connectivity index is 0. The summed E-state index contributed by atoms with van der Waals surface area (Å²) in [5, 5.41) is 30.9. The number of phenols is 1. The first kappa shape index (κ1) is 32.1. The van der Waals surface area contributed by atoms with E-state index in [4.69, 9.17) is 4.55 Å². The fourth-order valence-corrected chi connectivity index (χ4v) is 3.49. The second kappa shape index (κ2) is 13.5. The van der Waals surface area contributed by atoms with E-state index in [0.29, 0.717) is 19.1 Å². The van der Waals surface area contributed by atoms with E-state index < -0.39 is 21.8 Å². The van der Waals surface area contributed by atoms with Crippen LogP contribution in [-0.2, 0) is 15.7 Å². The van der Waals surface area contributed by atoms with E-state index in [2.05, 4.69) is 4.90 Å². The summed E-state index contributed by atoms with van der Waals surface area (Å²) in [5.74, 6) is 0.199. The molecule has 184 valence electrons. The van der Waals surface area contributed by atoms with Gasteiger partial charge in [-0.3, -0.25) is 9.45 Å². The van der Waals surface area contributed by atoms with Gasteiger partial charge in [0.1, 0.15) is 5.75 Å². The lowest BCUT2D eigenvalue weighted by Gasteiger charge is -2.42. The maximum atomic E-state index is 10.9.